The Kier molecular flexibility index (Phi) is 5.08. The number of ketones is 1. The van der Waals surface area contributed by atoms with Crippen LogP contribution >= 0.6 is 0 Å². The molecule has 0 amide bonds. The van der Waals surface area contributed by atoms with Crippen molar-refractivity contribution in [3.63, 3.8) is 0 Å². The molecule has 3 nitrogen and oxygen atoms in total. The molecule has 1 aromatic rings. The van der Waals surface area contributed by atoms with Crippen LogP contribution in [0.3, 0.4) is 0 Å². The Balaban J connectivity index is 2.89. The number of Topliss-reactive ketones (excluding diaryl/α,β-unsaturated/α-hetero) is 1. The second-order valence-electron chi connectivity index (χ2n) is 4.02. The van der Waals surface area contributed by atoms with Crippen molar-refractivity contribution in [2.75, 3.05) is 13.2 Å². The zero-order valence-corrected chi connectivity index (χ0v) is 10.6. The lowest BCUT2D eigenvalue weighted by Gasteiger charge is -2.14. The van der Waals surface area contributed by atoms with E-state index in [-0.39, 0.29) is 17.1 Å². The maximum atomic E-state index is 12.0. The predicted octanol–water partition coefficient (Wildman–Crippen LogP) is 3.77. The van der Waals surface area contributed by atoms with Crippen LogP contribution in [-0.2, 0) is 0 Å². The summed E-state index contributed by atoms with van der Waals surface area (Å²) in [6.45, 7) is -2.15. The van der Waals surface area contributed by atoms with E-state index < -0.39 is 31.3 Å². The zero-order chi connectivity index (χ0) is 16.3. The van der Waals surface area contributed by atoms with Gasteiger partial charge >= 0.3 is 12.4 Å². The van der Waals surface area contributed by atoms with Crippen LogP contribution in [0.2, 0.25) is 0 Å². The van der Waals surface area contributed by atoms with Crippen molar-refractivity contribution < 1.29 is 40.6 Å². The van der Waals surface area contributed by atoms with Crippen LogP contribution < -0.4 is 9.47 Å². The Morgan fingerprint density at radius 3 is 2.00 bits per heavy atom. The fourth-order valence-electron chi connectivity index (χ4n) is 1.32. The third-order valence-electron chi connectivity index (χ3n) is 2.12. The Bertz CT molecular complexity index is 507. The average molecular weight is 316 g/mol. The van der Waals surface area contributed by atoms with Crippen LogP contribution in [0, 0.1) is 0 Å². The maximum absolute atomic E-state index is 12.0. The summed E-state index contributed by atoms with van der Waals surface area (Å²) in [6, 6.07) is 2.85. The first-order chi connectivity index (χ1) is 9.48. The highest BCUT2D eigenvalue weighted by Gasteiger charge is 2.30. The van der Waals surface area contributed by atoms with Crippen molar-refractivity contribution in [1.82, 2.24) is 0 Å². The van der Waals surface area contributed by atoms with Crippen molar-refractivity contribution in [3.8, 4) is 11.5 Å². The second-order valence-corrected chi connectivity index (χ2v) is 4.02. The molecule has 0 aliphatic carbocycles. The van der Waals surface area contributed by atoms with Gasteiger partial charge in [-0.05, 0) is 25.1 Å². The van der Waals surface area contributed by atoms with Crippen molar-refractivity contribution >= 4 is 5.78 Å². The van der Waals surface area contributed by atoms with Gasteiger partial charge in [0.25, 0.3) is 0 Å². The van der Waals surface area contributed by atoms with Gasteiger partial charge in [0.2, 0.25) is 0 Å². The highest BCUT2D eigenvalue weighted by molar-refractivity contribution is 5.97. The summed E-state index contributed by atoms with van der Waals surface area (Å²) in [7, 11) is 0. The minimum Gasteiger partial charge on any atom is -0.484 e. The average Bonchev–Trinajstić information content (AvgIpc) is 2.32. The topological polar surface area (TPSA) is 35.5 Å². The highest BCUT2D eigenvalue weighted by atomic mass is 19.4. The van der Waals surface area contributed by atoms with Crippen LogP contribution in [0.15, 0.2) is 18.2 Å². The van der Waals surface area contributed by atoms with E-state index in [4.69, 9.17) is 0 Å². The molecule has 0 aliphatic rings. The van der Waals surface area contributed by atoms with Crippen molar-refractivity contribution in [2.24, 2.45) is 0 Å². The fourth-order valence-corrected chi connectivity index (χ4v) is 1.32. The first-order valence-corrected chi connectivity index (χ1v) is 5.52. The second kappa shape index (κ2) is 6.23. The van der Waals surface area contributed by atoms with Gasteiger partial charge < -0.3 is 9.47 Å². The van der Waals surface area contributed by atoms with Crippen LogP contribution in [0.1, 0.15) is 17.3 Å². The van der Waals surface area contributed by atoms with Gasteiger partial charge in [-0.2, -0.15) is 26.3 Å². The van der Waals surface area contributed by atoms with Gasteiger partial charge in [0, 0.05) is 0 Å². The van der Waals surface area contributed by atoms with Gasteiger partial charge in [-0.1, -0.05) is 0 Å². The molecule has 21 heavy (non-hydrogen) atoms. The normalized spacial score (nSPS) is 12.1. The first kappa shape index (κ1) is 17.1. The molecule has 0 saturated heterocycles. The predicted molar refractivity (Wildman–Crippen MR) is 59.5 cm³/mol. The SMILES string of the molecule is CC(=O)c1cc(OCC(F)(F)F)ccc1OCC(F)(F)F. The molecule has 0 spiro atoms. The van der Waals surface area contributed by atoms with Gasteiger partial charge in [0.05, 0.1) is 5.56 Å². The molecule has 0 radical (unpaired) electrons. The molecule has 0 atom stereocenters. The molecular formula is C12H10F6O3. The maximum Gasteiger partial charge on any atom is 0.422 e. The van der Waals surface area contributed by atoms with E-state index in [9.17, 15) is 31.1 Å². The molecule has 0 aromatic heterocycles. The lowest BCUT2D eigenvalue weighted by atomic mass is 10.1. The summed E-state index contributed by atoms with van der Waals surface area (Å²) >= 11 is 0. The van der Waals surface area contributed by atoms with Gasteiger partial charge in [0.1, 0.15) is 11.5 Å². The number of hydrogen-bond donors (Lipinski definition) is 0. The fraction of sp³-hybridized carbons (Fsp3) is 0.417. The van der Waals surface area contributed by atoms with Crippen molar-refractivity contribution in [3.05, 3.63) is 23.8 Å². The van der Waals surface area contributed by atoms with E-state index >= 15 is 0 Å². The highest BCUT2D eigenvalue weighted by Crippen LogP contribution is 2.28. The molecule has 0 unspecified atom stereocenters. The van der Waals surface area contributed by atoms with Gasteiger partial charge in [-0.25, -0.2) is 0 Å². The number of ether oxygens (including phenoxy) is 2. The molecule has 0 heterocycles. The quantitative estimate of drug-likeness (QED) is 0.613. The molecule has 118 valence electrons. The molecule has 0 fully saturated rings. The van der Waals surface area contributed by atoms with Gasteiger partial charge in [0.15, 0.2) is 19.0 Å². The van der Waals surface area contributed by atoms with E-state index in [0.29, 0.717) is 0 Å². The summed E-state index contributed by atoms with van der Waals surface area (Å²) in [4.78, 5) is 11.3. The minimum absolute atomic E-state index is 0.293. The van der Waals surface area contributed by atoms with Crippen LogP contribution in [0.5, 0.6) is 11.5 Å². The smallest absolute Gasteiger partial charge is 0.422 e. The molecule has 0 saturated carbocycles. The minimum atomic E-state index is -4.60. The Labute approximate surface area is 115 Å². The van der Waals surface area contributed by atoms with Gasteiger partial charge in [-0.15, -0.1) is 0 Å². The molecule has 1 aromatic carbocycles. The van der Waals surface area contributed by atoms with E-state index in [1.54, 1.807) is 0 Å². The van der Waals surface area contributed by atoms with Crippen LogP contribution in [-0.4, -0.2) is 31.3 Å². The van der Waals surface area contributed by atoms with Crippen LogP contribution in [0.25, 0.3) is 0 Å². The van der Waals surface area contributed by atoms with Gasteiger partial charge in [-0.3, -0.25) is 4.79 Å². The number of halogens is 6. The van der Waals surface area contributed by atoms with E-state index in [0.717, 1.165) is 25.1 Å². The van der Waals surface area contributed by atoms with Crippen LogP contribution in [0.4, 0.5) is 26.3 Å². The largest absolute Gasteiger partial charge is 0.484 e. The lowest BCUT2D eigenvalue weighted by molar-refractivity contribution is -0.154. The number of carbonyl (C=O) groups is 1. The Morgan fingerprint density at radius 2 is 1.52 bits per heavy atom. The van der Waals surface area contributed by atoms with Crippen molar-refractivity contribution in [2.45, 2.75) is 19.3 Å². The van der Waals surface area contributed by atoms with Crippen molar-refractivity contribution in [1.29, 1.82) is 0 Å². The van der Waals surface area contributed by atoms with E-state index in [1.807, 2.05) is 0 Å². The number of carbonyl (C=O) groups excluding carboxylic acids is 1. The molecule has 9 heteroatoms. The molecule has 0 N–H and O–H groups in total. The third-order valence-corrected chi connectivity index (χ3v) is 2.12. The number of benzene rings is 1. The number of rotatable bonds is 5. The van der Waals surface area contributed by atoms with E-state index in [2.05, 4.69) is 9.47 Å². The standard InChI is InChI=1S/C12H10F6O3/c1-7(19)9-4-8(20-5-11(13,14)15)2-3-10(9)21-6-12(16,17)18/h2-4H,5-6H2,1H3. The molecular weight excluding hydrogens is 306 g/mol. The summed E-state index contributed by atoms with van der Waals surface area (Å²) < 4.78 is 81.0. The zero-order valence-electron chi connectivity index (χ0n) is 10.6. The summed E-state index contributed by atoms with van der Waals surface area (Å²) in [5, 5.41) is 0. The summed E-state index contributed by atoms with van der Waals surface area (Å²) in [6.07, 6.45) is -9.17. The Hall–Kier alpha value is -1.93. The molecule has 0 aliphatic heterocycles. The number of hydrogen-bond acceptors (Lipinski definition) is 3. The van der Waals surface area contributed by atoms with E-state index in [1.165, 1.54) is 0 Å². The number of alkyl halides is 6. The molecule has 1 rings (SSSR count). The summed E-state index contributed by atoms with van der Waals surface area (Å²) in [5.41, 5.74) is -0.293. The third kappa shape index (κ3) is 6.37. The monoisotopic (exact) mass is 316 g/mol. The first-order valence-electron chi connectivity index (χ1n) is 5.52. The lowest BCUT2D eigenvalue weighted by Crippen LogP contribution is -2.20. The molecule has 0 bridgehead atoms. The summed E-state index contributed by atoms with van der Waals surface area (Å²) in [5.74, 6) is -1.33. The Morgan fingerprint density at radius 1 is 1.00 bits per heavy atom.